The Hall–Kier alpha value is -1.39. The van der Waals surface area contributed by atoms with E-state index in [4.69, 9.17) is 4.18 Å². The lowest BCUT2D eigenvalue weighted by Gasteiger charge is -2.04. The molecule has 0 saturated carbocycles. The van der Waals surface area contributed by atoms with Gasteiger partial charge in [0.05, 0.1) is 11.5 Å². The van der Waals surface area contributed by atoms with Crippen LogP contribution in [0, 0.1) is 6.92 Å². The molecule has 0 atom stereocenters. The molecule has 3 nitrogen and oxygen atoms in total. The van der Waals surface area contributed by atoms with Crippen LogP contribution in [0.4, 0.5) is 0 Å². The summed E-state index contributed by atoms with van der Waals surface area (Å²) in [4.78, 5) is 0.191. The maximum atomic E-state index is 11.7. The molecule has 0 aliphatic rings. The number of hydrogen-bond acceptors (Lipinski definition) is 3. The van der Waals surface area contributed by atoms with Crippen molar-refractivity contribution in [3.8, 4) is 0 Å². The highest BCUT2D eigenvalue weighted by Crippen LogP contribution is 2.13. The Kier molecular flexibility index (Phi) is 5.12. The van der Waals surface area contributed by atoms with E-state index in [2.05, 4.69) is 6.58 Å². The van der Waals surface area contributed by atoms with Crippen LogP contribution in [0.2, 0.25) is 0 Å². The van der Waals surface area contributed by atoms with Crippen LogP contribution in [0.3, 0.4) is 0 Å². The molecule has 0 saturated heterocycles. The van der Waals surface area contributed by atoms with Gasteiger partial charge in [0, 0.05) is 0 Å². The van der Waals surface area contributed by atoms with Gasteiger partial charge in [-0.2, -0.15) is 8.42 Å². The van der Waals surface area contributed by atoms with Crippen molar-refractivity contribution < 1.29 is 12.6 Å². The molecule has 0 aromatic heterocycles. The van der Waals surface area contributed by atoms with Gasteiger partial charge in [0.25, 0.3) is 10.1 Å². The van der Waals surface area contributed by atoms with Gasteiger partial charge < -0.3 is 0 Å². The van der Waals surface area contributed by atoms with Crippen LogP contribution in [-0.2, 0) is 14.3 Å². The van der Waals surface area contributed by atoms with Crippen LogP contribution < -0.4 is 0 Å². The normalized spacial score (nSPS) is 11.8. The molecule has 0 radical (unpaired) electrons. The fourth-order valence-corrected chi connectivity index (χ4v) is 2.11. The Morgan fingerprint density at radius 3 is 2.53 bits per heavy atom. The lowest BCUT2D eigenvalue weighted by atomic mass is 10.2. The van der Waals surface area contributed by atoms with Crippen LogP contribution in [0.15, 0.2) is 54.0 Å². The molecule has 92 valence electrons. The Morgan fingerprint density at radius 1 is 1.29 bits per heavy atom. The first-order valence-electron chi connectivity index (χ1n) is 5.30. The smallest absolute Gasteiger partial charge is 0.266 e. The van der Waals surface area contributed by atoms with Crippen molar-refractivity contribution in [2.24, 2.45) is 0 Å². The Balaban J connectivity index is 2.60. The molecule has 0 aliphatic carbocycles. The number of allylic oxidation sites excluding steroid dienone is 2. The van der Waals surface area contributed by atoms with E-state index in [1.165, 1.54) is 0 Å². The summed E-state index contributed by atoms with van der Waals surface area (Å²) >= 11 is 0. The molecular formula is C13H16O3S. The van der Waals surface area contributed by atoms with Crippen molar-refractivity contribution >= 4 is 10.1 Å². The monoisotopic (exact) mass is 252 g/mol. The van der Waals surface area contributed by atoms with Crippen molar-refractivity contribution in [1.82, 2.24) is 0 Å². The van der Waals surface area contributed by atoms with Gasteiger partial charge in [-0.3, -0.25) is 4.18 Å². The molecule has 0 heterocycles. The van der Waals surface area contributed by atoms with Crippen LogP contribution in [0.25, 0.3) is 0 Å². The van der Waals surface area contributed by atoms with Crippen LogP contribution in [0.5, 0.6) is 0 Å². The van der Waals surface area contributed by atoms with E-state index in [9.17, 15) is 8.42 Å². The molecule has 0 fully saturated rings. The maximum absolute atomic E-state index is 11.7. The number of aryl methyl sites for hydroxylation is 1. The molecule has 1 aromatic rings. The first kappa shape index (κ1) is 13.7. The van der Waals surface area contributed by atoms with Gasteiger partial charge in [-0.15, -0.1) is 0 Å². The van der Waals surface area contributed by atoms with Crippen molar-refractivity contribution in [2.75, 3.05) is 6.61 Å². The van der Waals surface area contributed by atoms with Crippen molar-refractivity contribution in [1.29, 1.82) is 0 Å². The quantitative estimate of drug-likeness (QED) is 0.444. The third-order valence-corrected chi connectivity index (χ3v) is 3.43. The fourth-order valence-electron chi connectivity index (χ4n) is 1.19. The predicted molar refractivity (Wildman–Crippen MR) is 68.3 cm³/mol. The number of benzene rings is 1. The van der Waals surface area contributed by atoms with E-state index in [0.717, 1.165) is 5.56 Å². The van der Waals surface area contributed by atoms with Crippen LogP contribution >= 0.6 is 0 Å². The molecule has 0 unspecified atom stereocenters. The van der Waals surface area contributed by atoms with Gasteiger partial charge in [0.15, 0.2) is 0 Å². The molecule has 1 aromatic carbocycles. The van der Waals surface area contributed by atoms with E-state index in [1.807, 2.05) is 6.92 Å². The van der Waals surface area contributed by atoms with Crippen molar-refractivity contribution in [3.05, 3.63) is 54.6 Å². The standard InChI is InChI=1S/C13H16O3S/c1-3-4-5-6-11-16-17(14,15)13-9-7-12(2)8-10-13/h3-5,7-10H,1,6,11H2,2H3. The second-order valence-corrected chi connectivity index (χ2v) is 5.16. The minimum absolute atomic E-state index is 0.139. The van der Waals surface area contributed by atoms with Gasteiger partial charge in [-0.1, -0.05) is 42.5 Å². The summed E-state index contributed by atoms with van der Waals surface area (Å²) in [5.41, 5.74) is 1.01. The zero-order chi connectivity index (χ0) is 12.7. The first-order chi connectivity index (χ1) is 8.06. The van der Waals surface area contributed by atoms with E-state index >= 15 is 0 Å². The Morgan fingerprint density at radius 2 is 1.94 bits per heavy atom. The minimum atomic E-state index is -3.62. The summed E-state index contributed by atoms with van der Waals surface area (Å²) in [5.74, 6) is 0. The fraction of sp³-hybridized carbons (Fsp3) is 0.231. The molecule has 0 aliphatic heterocycles. The molecule has 1 rings (SSSR count). The zero-order valence-electron chi connectivity index (χ0n) is 9.80. The highest BCUT2D eigenvalue weighted by atomic mass is 32.2. The van der Waals surface area contributed by atoms with Gasteiger partial charge in [0.2, 0.25) is 0 Å². The van der Waals surface area contributed by atoms with E-state index in [-0.39, 0.29) is 11.5 Å². The van der Waals surface area contributed by atoms with Crippen molar-refractivity contribution in [3.63, 3.8) is 0 Å². The number of hydrogen-bond donors (Lipinski definition) is 0. The number of rotatable bonds is 6. The minimum Gasteiger partial charge on any atom is -0.266 e. The average molecular weight is 252 g/mol. The summed E-state index contributed by atoms with van der Waals surface area (Å²) in [6.07, 6.45) is 5.73. The lowest BCUT2D eigenvalue weighted by molar-refractivity contribution is 0.324. The molecule has 0 N–H and O–H groups in total. The van der Waals surface area contributed by atoms with Gasteiger partial charge in [-0.25, -0.2) is 0 Å². The third kappa shape index (κ3) is 4.54. The zero-order valence-corrected chi connectivity index (χ0v) is 10.6. The van der Waals surface area contributed by atoms with E-state index < -0.39 is 10.1 Å². The summed E-state index contributed by atoms with van der Waals surface area (Å²) in [5, 5.41) is 0. The van der Waals surface area contributed by atoms with Crippen molar-refractivity contribution in [2.45, 2.75) is 18.2 Å². The first-order valence-corrected chi connectivity index (χ1v) is 6.71. The molecule has 0 amide bonds. The van der Waals surface area contributed by atoms with Gasteiger partial charge in [-0.05, 0) is 25.5 Å². The summed E-state index contributed by atoms with van der Waals surface area (Å²) in [6.45, 7) is 5.56. The largest absolute Gasteiger partial charge is 0.296 e. The highest BCUT2D eigenvalue weighted by Gasteiger charge is 2.13. The van der Waals surface area contributed by atoms with E-state index in [0.29, 0.717) is 6.42 Å². The summed E-state index contributed by atoms with van der Waals surface area (Å²) in [6, 6.07) is 6.58. The van der Waals surface area contributed by atoms with Gasteiger partial charge >= 0.3 is 0 Å². The second-order valence-electron chi connectivity index (χ2n) is 3.54. The Bertz CT molecular complexity index is 484. The average Bonchev–Trinajstić information content (AvgIpc) is 2.29. The maximum Gasteiger partial charge on any atom is 0.296 e. The molecule has 0 bridgehead atoms. The topological polar surface area (TPSA) is 43.4 Å². The molecule has 17 heavy (non-hydrogen) atoms. The summed E-state index contributed by atoms with van der Waals surface area (Å²) < 4.78 is 28.3. The van der Waals surface area contributed by atoms with Crippen LogP contribution in [0.1, 0.15) is 12.0 Å². The molecule has 0 spiro atoms. The highest BCUT2D eigenvalue weighted by molar-refractivity contribution is 7.86. The Labute approximate surface area is 103 Å². The molecule has 4 heteroatoms. The lowest BCUT2D eigenvalue weighted by Crippen LogP contribution is -2.07. The second kappa shape index (κ2) is 6.37. The third-order valence-electron chi connectivity index (χ3n) is 2.10. The predicted octanol–water partition coefficient (Wildman–Crippen LogP) is 2.83. The van der Waals surface area contributed by atoms with E-state index in [1.54, 1.807) is 42.5 Å². The van der Waals surface area contributed by atoms with Gasteiger partial charge in [0.1, 0.15) is 0 Å². The SMILES string of the molecule is C=CC=CCCOS(=O)(=O)c1ccc(C)cc1. The summed E-state index contributed by atoms with van der Waals surface area (Å²) in [7, 11) is -3.62. The molecular weight excluding hydrogens is 236 g/mol. The van der Waals surface area contributed by atoms with Crippen LogP contribution in [-0.4, -0.2) is 15.0 Å².